The van der Waals surface area contributed by atoms with Gasteiger partial charge in [-0.05, 0) is 23.8 Å². The summed E-state index contributed by atoms with van der Waals surface area (Å²) in [5, 5.41) is 12.6. The van der Waals surface area contributed by atoms with E-state index in [1.165, 1.54) is 0 Å². The predicted molar refractivity (Wildman–Crippen MR) is 91.8 cm³/mol. The number of nitrogens with two attached hydrogens (primary N) is 1. The third kappa shape index (κ3) is 3.86. The van der Waals surface area contributed by atoms with Gasteiger partial charge in [0.15, 0.2) is 0 Å². The first kappa shape index (κ1) is 15.5. The van der Waals surface area contributed by atoms with Gasteiger partial charge in [-0.2, -0.15) is 0 Å². The van der Waals surface area contributed by atoms with Crippen LogP contribution in [0.4, 0.5) is 11.5 Å². The monoisotopic (exact) mass is 320 g/mol. The molecule has 2 aromatic carbocycles. The maximum Gasteiger partial charge on any atom is 0.221 e. The Hall–Kier alpha value is -3.41. The van der Waals surface area contributed by atoms with Crippen LogP contribution in [0, 0.1) is 0 Å². The lowest BCUT2D eigenvalue weighted by Gasteiger charge is -2.08. The molecule has 0 spiro atoms. The molecule has 6 nitrogen and oxygen atoms in total. The van der Waals surface area contributed by atoms with Crippen molar-refractivity contribution in [2.75, 3.05) is 5.32 Å². The second-order valence-corrected chi connectivity index (χ2v) is 5.31. The van der Waals surface area contributed by atoms with Crippen LogP contribution in [-0.4, -0.2) is 21.0 Å². The zero-order valence-corrected chi connectivity index (χ0v) is 12.8. The minimum atomic E-state index is -0.377. The number of nitrogens with zero attached hydrogens (tertiary/aromatic N) is 2. The maximum absolute atomic E-state index is 11.1. The first-order valence-corrected chi connectivity index (χ1v) is 7.36. The summed E-state index contributed by atoms with van der Waals surface area (Å²) in [6.07, 6.45) is 3.43. The fraction of sp³-hybridized carbons (Fsp3) is 0.0556. The van der Waals surface area contributed by atoms with Crippen LogP contribution >= 0.6 is 0 Å². The van der Waals surface area contributed by atoms with Gasteiger partial charge in [0.25, 0.3) is 0 Å². The molecule has 3 rings (SSSR count). The van der Waals surface area contributed by atoms with Gasteiger partial charge in [-0.1, -0.05) is 24.3 Å². The Labute approximate surface area is 139 Å². The first-order chi connectivity index (χ1) is 11.6. The van der Waals surface area contributed by atoms with Crippen molar-refractivity contribution in [3.63, 3.8) is 0 Å². The van der Waals surface area contributed by atoms with Gasteiger partial charge in [-0.15, -0.1) is 0 Å². The van der Waals surface area contributed by atoms with Crippen molar-refractivity contribution in [2.45, 2.75) is 6.42 Å². The van der Waals surface area contributed by atoms with Crippen LogP contribution in [0.2, 0.25) is 0 Å². The van der Waals surface area contributed by atoms with Gasteiger partial charge >= 0.3 is 0 Å². The average molecular weight is 320 g/mol. The summed E-state index contributed by atoms with van der Waals surface area (Å²) in [5.41, 5.74) is 8.30. The standard InChI is InChI=1S/C18H16N4O2/c19-17(24)8-12-3-1-4-13(7-12)16-10-20-11-18(22-16)21-14-5-2-6-15(23)9-14/h1-7,9-11,23H,8H2,(H2,19,24)(H,21,22). The zero-order valence-electron chi connectivity index (χ0n) is 12.8. The van der Waals surface area contributed by atoms with Gasteiger partial charge in [0.05, 0.1) is 24.5 Å². The highest BCUT2D eigenvalue weighted by molar-refractivity contribution is 5.77. The third-order valence-corrected chi connectivity index (χ3v) is 3.35. The lowest BCUT2D eigenvalue weighted by atomic mass is 10.1. The molecule has 1 heterocycles. The highest BCUT2D eigenvalue weighted by Gasteiger charge is 2.05. The molecule has 4 N–H and O–H groups in total. The molecule has 6 heteroatoms. The second kappa shape index (κ2) is 6.78. The summed E-state index contributed by atoms with van der Waals surface area (Å²) in [6.45, 7) is 0. The van der Waals surface area contributed by atoms with Crippen LogP contribution in [-0.2, 0) is 11.2 Å². The van der Waals surface area contributed by atoms with E-state index in [0.717, 1.165) is 11.1 Å². The lowest BCUT2D eigenvalue weighted by molar-refractivity contribution is -0.117. The smallest absolute Gasteiger partial charge is 0.221 e. The SMILES string of the molecule is NC(=O)Cc1cccc(-c2cncc(Nc3cccc(O)c3)n2)c1. The fourth-order valence-corrected chi connectivity index (χ4v) is 2.34. The number of nitrogens with one attached hydrogen (secondary N) is 1. The number of hydrogen-bond donors (Lipinski definition) is 3. The minimum absolute atomic E-state index is 0.170. The number of carbonyl (C=O) groups excluding carboxylic acids is 1. The van der Waals surface area contributed by atoms with E-state index in [2.05, 4.69) is 15.3 Å². The Bertz CT molecular complexity index is 880. The van der Waals surface area contributed by atoms with Gasteiger partial charge < -0.3 is 16.2 Å². The molecule has 0 aliphatic rings. The topological polar surface area (TPSA) is 101 Å². The van der Waals surface area contributed by atoms with Crippen molar-refractivity contribution >= 4 is 17.4 Å². The van der Waals surface area contributed by atoms with Crippen LogP contribution in [0.5, 0.6) is 5.75 Å². The number of primary amides is 1. The Kier molecular flexibility index (Phi) is 4.38. The number of benzene rings is 2. The van der Waals surface area contributed by atoms with Crippen molar-refractivity contribution in [3.05, 3.63) is 66.5 Å². The fourth-order valence-electron chi connectivity index (χ4n) is 2.34. The summed E-state index contributed by atoms with van der Waals surface area (Å²) in [6, 6.07) is 14.2. The molecule has 1 amide bonds. The number of phenolic OH excluding ortho intramolecular Hbond substituents is 1. The number of hydrogen-bond acceptors (Lipinski definition) is 5. The number of carbonyl (C=O) groups is 1. The second-order valence-electron chi connectivity index (χ2n) is 5.31. The Morgan fingerprint density at radius 2 is 1.96 bits per heavy atom. The van der Waals surface area contributed by atoms with Gasteiger partial charge in [0, 0.05) is 17.3 Å². The summed E-state index contributed by atoms with van der Waals surface area (Å²) < 4.78 is 0. The molecule has 0 saturated carbocycles. The summed E-state index contributed by atoms with van der Waals surface area (Å²) in [7, 11) is 0. The molecule has 0 radical (unpaired) electrons. The summed E-state index contributed by atoms with van der Waals surface area (Å²) in [5.74, 6) is 0.346. The molecule has 0 fully saturated rings. The Balaban J connectivity index is 1.86. The number of aromatic nitrogens is 2. The number of phenols is 1. The largest absolute Gasteiger partial charge is 0.508 e. The normalized spacial score (nSPS) is 10.3. The predicted octanol–water partition coefficient (Wildman–Crippen LogP) is 2.62. The van der Waals surface area contributed by atoms with Crippen molar-refractivity contribution < 1.29 is 9.90 Å². The number of anilines is 2. The van der Waals surface area contributed by atoms with Crippen LogP contribution in [0.15, 0.2) is 60.9 Å². The van der Waals surface area contributed by atoms with Crippen LogP contribution in [0.1, 0.15) is 5.56 Å². The van der Waals surface area contributed by atoms with Crippen LogP contribution in [0.25, 0.3) is 11.3 Å². The van der Waals surface area contributed by atoms with E-state index >= 15 is 0 Å². The van der Waals surface area contributed by atoms with E-state index in [0.29, 0.717) is 17.2 Å². The quantitative estimate of drug-likeness (QED) is 0.671. The summed E-state index contributed by atoms with van der Waals surface area (Å²) >= 11 is 0. The first-order valence-electron chi connectivity index (χ1n) is 7.36. The van der Waals surface area contributed by atoms with E-state index in [1.807, 2.05) is 30.3 Å². The Morgan fingerprint density at radius 1 is 1.12 bits per heavy atom. The van der Waals surface area contributed by atoms with Gasteiger partial charge in [0.1, 0.15) is 11.6 Å². The van der Waals surface area contributed by atoms with Crippen molar-refractivity contribution in [1.29, 1.82) is 0 Å². The molecule has 0 unspecified atom stereocenters. The van der Waals surface area contributed by atoms with Gasteiger partial charge in [0.2, 0.25) is 5.91 Å². The number of rotatable bonds is 5. The number of aromatic hydroxyl groups is 1. The number of amides is 1. The molecule has 120 valence electrons. The lowest BCUT2D eigenvalue weighted by Crippen LogP contribution is -2.13. The van der Waals surface area contributed by atoms with E-state index < -0.39 is 0 Å². The van der Waals surface area contributed by atoms with E-state index in [-0.39, 0.29) is 18.1 Å². The molecule has 1 aromatic heterocycles. The van der Waals surface area contributed by atoms with Gasteiger partial charge in [-0.25, -0.2) is 4.98 Å². The molecule has 0 aliphatic carbocycles. The molecular weight excluding hydrogens is 304 g/mol. The van der Waals surface area contributed by atoms with Crippen molar-refractivity contribution in [3.8, 4) is 17.0 Å². The molecular formula is C18H16N4O2. The average Bonchev–Trinajstić information content (AvgIpc) is 2.55. The van der Waals surface area contributed by atoms with E-state index in [1.54, 1.807) is 30.6 Å². The van der Waals surface area contributed by atoms with Crippen LogP contribution < -0.4 is 11.1 Å². The van der Waals surface area contributed by atoms with Crippen LogP contribution in [0.3, 0.4) is 0 Å². The molecule has 3 aromatic rings. The molecule has 0 saturated heterocycles. The third-order valence-electron chi connectivity index (χ3n) is 3.35. The maximum atomic E-state index is 11.1. The van der Waals surface area contributed by atoms with Gasteiger partial charge in [-0.3, -0.25) is 9.78 Å². The highest BCUT2D eigenvalue weighted by Crippen LogP contribution is 2.22. The highest BCUT2D eigenvalue weighted by atomic mass is 16.3. The minimum Gasteiger partial charge on any atom is -0.508 e. The van der Waals surface area contributed by atoms with Crippen molar-refractivity contribution in [2.24, 2.45) is 5.73 Å². The molecule has 0 aliphatic heterocycles. The van der Waals surface area contributed by atoms with Crippen molar-refractivity contribution in [1.82, 2.24) is 9.97 Å². The molecule has 24 heavy (non-hydrogen) atoms. The molecule has 0 bridgehead atoms. The zero-order chi connectivity index (χ0) is 16.9. The van der Waals surface area contributed by atoms with E-state index in [9.17, 15) is 9.90 Å². The van der Waals surface area contributed by atoms with E-state index in [4.69, 9.17) is 5.73 Å². The Morgan fingerprint density at radius 3 is 2.75 bits per heavy atom. The molecule has 0 atom stereocenters. The summed E-state index contributed by atoms with van der Waals surface area (Å²) in [4.78, 5) is 19.8.